The summed E-state index contributed by atoms with van der Waals surface area (Å²) in [4.78, 5) is 32.1. The molecule has 9 nitrogen and oxygen atoms in total. The van der Waals surface area contributed by atoms with E-state index in [1.807, 2.05) is 12.1 Å². The molecule has 2 aliphatic rings. The quantitative estimate of drug-likeness (QED) is 0.743. The van der Waals surface area contributed by atoms with E-state index < -0.39 is 0 Å². The van der Waals surface area contributed by atoms with E-state index in [1.54, 1.807) is 24.7 Å². The standard InChI is InChI=1S/C20H27N7O2/c28-19(21-6-7-25-12-14-29-15-13-25)18-3-2-17(16-24-18)26-8-10-27(11-9-26)20-22-4-1-5-23-20/h1-5,16H,6-15H2,(H,21,28). The van der Waals surface area contributed by atoms with Gasteiger partial charge in [0.25, 0.3) is 5.91 Å². The van der Waals surface area contributed by atoms with E-state index in [4.69, 9.17) is 4.74 Å². The largest absolute Gasteiger partial charge is 0.379 e. The minimum Gasteiger partial charge on any atom is -0.379 e. The number of ether oxygens (including phenoxy) is 1. The lowest BCUT2D eigenvalue weighted by Crippen LogP contribution is -2.47. The highest BCUT2D eigenvalue weighted by molar-refractivity contribution is 5.92. The second-order valence-electron chi connectivity index (χ2n) is 7.13. The minimum atomic E-state index is -0.129. The van der Waals surface area contributed by atoms with Gasteiger partial charge in [0.15, 0.2) is 0 Å². The number of nitrogens with one attached hydrogen (secondary N) is 1. The van der Waals surface area contributed by atoms with Crippen molar-refractivity contribution in [2.45, 2.75) is 0 Å². The van der Waals surface area contributed by atoms with Gasteiger partial charge < -0.3 is 19.9 Å². The Kier molecular flexibility index (Phi) is 6.48. The molecule has 4 rings (SSSR count). The Morgan fingerprint density at radius 2 is 1.69 bits per heavy atom. The third kappa shape index (κ3) is 5.18. The van der Waals surface area contributed by atoms with Crippen LogP contribution in [0.2, 0.25) is 0 Å². The van der Waals surface area contributed by atoms with E-state index in [-0.39, 0.29) is 5.91 Å². The Bertz CT molecular complexity index is 773. The molecular weight excluding hydrogens is 370 g/mol. The van der Waals surface area contributed by atoms with Crippen molar-refractivity contribution in [3.63, 3.8) is 0 Å². The molecule has 2 aromatic heterocycles. The molecular formula is C20H27N7O2. The van der Waals surface area contributed by atoms with Crippen molar-refractivity contribution in [3.8, 4) is 0 Å². The summed E-state index contributed by atoms with van der Waals surface area (Å²) in [6.45, 7) is 8.28. The zero-order chi connectivity index (χ0) is 19.9. The number of piperazine rings is 1. The molecule has 29 heavy (non-hydrogen) atoms. The van der Waals surface area contributed by atoms with Crippen molar-refractivity contribution in [2.24, 2.45) is 0 Å². The maximum atomic E-state index is 12.3. The summed E-state index contributed by atoms with van der Waals surface area (Å²) in [5, 5.41) is 2.95. The molecule has 0 bridgehead atoms. The molecule has 9 heteroatoms. The predicted octanol–water partition coefficient (Wildman–Crippen LogP) is 0.260. The number of rotatable bonds is 6. The average Bonchev–Trinajstić information content (AvgIpc) is 2.80. The first-order valence-corrected chi connectivity index (χ1v) is 10.1. The van der Waals surface area contributed by atoms with Crippen LogP contribution < -0.4 is 15.1 Å². The fraction of sp³-hybridized carbons (Fsp3) is 0.500. The van der Waals surface area contributed by atoms with Gasteiger partial charge >= 0.3 is 0 Å². The van der Waals surface area contributed by atoms with Crippen LogP contribution >= 0.6 is 0 Å². The molecule has 2 saturated heterocycles. The molecule has 2 aliphatic heterocycles. The number of anilines is 2. The number of aromatic nitrogens is 3. The van der Waals surface area contributed by atoms with Gasteiger partial charge in [-0.3, -0.25) is 9.69 Å². The fourth-order valence-electron chi connectivity index (χ4n) is 3.57. The first kappa shape index (κ1) is 19.5. The summed E-state index contributed by atoms with van der Waals surface area (Å²) in [5.74, 6) is 0.644. The Labute approximate surface area is 170 Å². The highest BCUT2D eigenvalue weighted by Crippen LogP contribution is 2.17. The number of pyridine rings is 1. The van der Waals surface area contributed by atoms with E-state index in [0.29, 0.717) is 12.2 Å². The molecule has 0 spiro atoms. The second kappa shape index (κ2) is 9.62. The number of hydrogen-bond donors (Lipinski definition) is 1. The molecule has 0 radical (unpaired) electrons. The van der Waals surface area contributed by atoms with E-state index in [1.165, 1.54) is 0 Å². The third-order valence-electron chi connectivity index (χ3n) is 5.28. The van der Waals surface area contributed by atoms with Crippen LogP contribution in [0, 0.1) is 0 Å². The maximum absolute atomic E-state index is 12.3. The highest BCUT2D eigenvalue weighted by atomic mass is 16.5. The Balaban J connectivity index is 1.24. The molecule has 0 aromatic carbocycles. The second-order valence-corrected chi connectivity index (χ2v) is 7.13. The third-order valence-corrected chi connectivity index (χ3v) is 5.28. The zero-order valence-corrected chi connectivity index (χ0v) is 16.5. The zero-order valence-electron chi connectivity index (χ0n) is 16.5. The molecule has 1 N–H and O–H groups in total. The van der Waals surface area contributed by atoms with Crippen LogP contribution in [-0.4, -0.2) is 91.3 Å². The van der Waals surface area contributed by atoms with Crippen molar-refractivity contribution in [3.05, 3.63) is 42.5 Å². The van der Waals surface area contributed by atoms with Crippen LogP contribution in [0.4, 0.5) is 11.6 Å². The monoisotopic (exact) mass is 397 g/mol. The predicted molar refractivity (Wildman–Crippen MR) is 110 cm³/mol. The average molecular weight is 397 g/mol. The normalized spacial score (nSPS) is 17.9. The van der Waals surface area contributed by atoms with Crippen LogP contribution in [0.15, 0.2) is 36.8 Å². The summed E-state index contributed by atoms with van der Waals surface area (Å²) in [6.07, 6.45) is 5.32. The van der Waals surface area contributed by atoms with Gasteiger partial charge in [-0.1, -0.05) is 0 Å². The lowest BCUT2D eigenvalue weighted by atomic mass is 10.2. The number of carbonyl (C=O) groups excluding carboxylic acids is 1. The van der Waals surface area contributed by atoms with Crippen molar-refractivity contribution in [2.75, 3.05) is 75.4 Å². The van der Waals surface area contributed by atoms with Crippen molar-refractivity contribution in [1.29, 1.82) is 0 Å². The van der Waals surface area contributed by atoms with Crippen LogP contribution in [0.25, 0.3) is 0 Å². The summed E-state index contributed by atoms with van der Waals surface area (Å²) < 4.78 is 5.33. The van der Waals surface area contributed by atoms with Crippen molar-refractivity contribution >= 4 is 17.5 Å². The van der Waals surface area contributed by atoms with Gasteiger partial charge in [-0.05, 0) is 18.2 Å². The topological polar surface area (TPSA) is 86.7 Å². The Hall–Kier alpha value is -2.78. The molecule has 1 amide bonds. The number of carbonyl (C=O) groups is 1. The summed E-state index contributed by atoms with van der Waals surface area (Å²) in [6, 6.07) is 5.59. The first-order valence-electron chi connectivity index (χ1n) is 10.1. The summed E-state index contributed by atoms with van der Waals surface area (Å²) in [5.41, 5.74) is 1.48. The van der Waals surface area contributed by atoms with Crippen LogP contribution in [0.3, 0.4) is 0 Å². The van der Waals surface area contributed by atoms with E-state index in [0.717, 1.165) is 70.7 Å². The van der Waals surface area contributed by atoms with Gasteiger partial charge in [0.1, 0.15) is 5.69 Å². The van der Waals surface area contributed by atoms with E-state index in [2.05, 4.69) is 35.0 Å². The molecule has 0 aliphatic carbocycles. The molecule has 0 atom stereocenters. The van der Waals surface area contributed by atoms with Gasteiger partial charge in [0.05, 0.1) is 25.1 Å². The molecule has 2 aromatic rings. The number of nitrogens with zero attached hydrogens (tertiary/aromatic N) is 6. The van der Waals surface area contributed by atoms with E-state index in [9.17, 15) is 4.79 Å². The summed E-state index contributed by atoms with van der Waals surface area (Å²) in [7, 11) is 0. The first-order chi connectivity index (χ1) is 14.3. The van der Waals surface area contributed by atoms with Gasteiger partial charge in [0, 0.05) is 64.8 Å². The smallest absolute Gasteiger partial charge is 0.269 e. The van der Waals surface area contributed by atoms with Gasteiger partial charge in [0.2, 0.25) is 5.95 Å². The van der Waals surface area contributed by atoms with Crippen LogP contribution in [0.1, 0.15) is 10.5 Å². The minimum absolute atomic E-state index is 0.129. The Morgan fingerprint density at radius 1 is 0.966 bits per heavy atom. The fourth-order valence-corrected chi connectivity index (χ4v) is 3.57. The van der Waals surface area contributed by atoms with Crippen LogP contribution in [0.5, 0.6) is 0 Å². The van der Waals surface area contributed by atoms with Gasteiger partial charge in [-0.2, -0.15) is 0 Å². The van der Waals surface area contributed by atoms with Gasteiger partial charge in [-0.25, -0.2) is 15.0 Å². The van der Waals surface area contributed by atoms with Gasteiger partial charge in [-0.15, -0.1) is 0 Å². The lowest BCUT2D eigenvalue weighted by Gasteiger charge is -2.35. The number of hydrogen-bond acceptors (Lipinski definition) is 8. The molecule has 4 heterocycles. The van der Waals surface area contributed by atoms with Crippen molar-refractivity contribution < 1.29 is 9.53 Å². The number of morpholine rings is 1. The van der Waals surface area contributed by atoms with Crippen molar-refractivity contribution in [1.82, 2.24) is 25.2 Å². The SMILES string of the molecule is O=C(NCCN1CCOCC1)c1ccc(N2CCN(c3ncccn3)CC2)cn1. The molecule has 0 unspecified atom stereocenters. The lowest BCUT2D eigenvalue weighted by molar-refractivity contribution is 0.0383. The Morgan fingerprint density at radius 3 is 2.38 bits per heavy atom. The van der Waals surface area contributed by atoms with E-state index >= 15 is 0 Å². The highest BCUT2D eigenvalue weighted by Gasteiger charge is 2.19. The molecule has 154 valence electrons. The summed E-state index contributed by atoms with van der Waals surface area (Å²) >= 11 is 0. The molecule has 0 saturated carbocycles. The molecule has 2 fully saturated rings. The van der Waals surface area contributed by atoms with Crippen LogP contribution in [-0.2, 0) is 4.74 Å². The number of amides is 1. The maximum Gasteiger partial charge on any atom is 0.269 e.